The zero-order valence-electron chi connectivity index (χ0n) is 15.4. The molecule has 0 aliphatic heterocycles. The molecule has 0 bridgehead atoms. The maximum absolute atomic E-state index is 12.6. The lowest BCUT2D eigenvalue weighted by atomic mass is 10.1. The number of rotatable bonds is 6. The average Bonchev–Trinajstić information content (AvgIpc) is 3.06. The molecule has 0 saturated heterocycles. The summed E-state index contributed by atoms with van der Waals surface area (Å²) < 4.78 is 39.7. The summed E-state index contributed by atoms with van der Waals surface area (Å²) in [6.07, 6.45) is 0.974. The van der Waals surface area contributed by atoms with Crippen LogP contribution in [-0.4, -0.2) is 10.5 Å². The van der Waals surface area contributed by atoms with E-state index in [0.29, 0.717) is 18.5 Å². The van der Waals surface area contributed by atoms with Crippen LogP contribution >= 0.6 is 0 Å². The molecule has 1 amide bonds. The fourth-order valence-electron chi connectivity index (χ4n) is 2.99. The lowest BCUT2D eigenvalue weighted by Gasteiger charge is -2.07. The van der Waals surface area contributed by atoms with Gasteiger partial charge in [0.15, 0.2) is 0 Å². The minimum absolute atomic E-state index is 0.130. The first-order valence-corrected chi connectivity index (χ1v) is 8.95. The number of halogens is 3. The van der Waals surface area contributed by atoms with E-state index in [2.05, 4.69) is 11.4 Å². The van der Waals surface area contributed by atoms with E-state index < -0.39 is 11.7 Å². The van der Waals surface area contributed by atoms with Crippen molar-refractivity contribution in [3.63, 3.8) is 0 Å². The van der Waals surface area contributed by atoms with Gasteiger partial charge < -0.3 is 9.88 Å². The van der Waals surface area contributed by atoms with Crippen LogP contribution in [0.15, 0.2) is 60.8 Å². The van der Waals surface area contributed by atoms with E-state index in [4.69, 9.17) is 5.26 Å². The SMILES string of the molecule is N#CCCn1cc(/C=C/C(=O)NCc2ccc(C(F)(F)F)cc2)c2ccccc21. The van der Waals surface area contributed by atoms with Gasteiger partial charge in [-0.3, -0.25) is 4.79 Å². The Morgan fingerprint density at radius 2 is 1.86 bits per heavy atom. The average molecular weight is 397 g/mol. The number of nitrogens with one attached hydrogen (secondary N) is 1. The Morgan fingerprint density at radius 1 is 1.14 bits per heavy atom. The van der Waals surface area contributed by atoms with Crippen LogP contribution in [0.1, 0.15) is 23.1 Å². The van der Waals surface area contributed by atoms with Crippen LogP contribution in [0, 0.1) is 11.3 Å². The highest BCUT2D eigenvalue weighted by molar-refractivity contribution is 5.96. The number of nitriles is 1. The van der Waals surface area contributed by atoms with Crippen molar-refractivity contribution in [1.82, 2.24) is 9.88 Å². The largest absolute Gasteiger partial charge is 0.416 e. The van der Waals surface area contributed by atoms with E-state index in [1.54, 1.807) is 6.08 Å². The molecule has 0 fully saturated rings. The van der Waals surface area contributed by atoms with Gasteiger partial charge in [-0.25, -0.2) is 0 Å². The van der Waals surface area contributed by atoms with Gasteiger partial charge in [0.2, 0.25) is 5.91 Å². The summed E-state index contributed by atoms with van der Waals surface area (Å²) in [6, 6.07) is 14.5. The highest BCUT2D eigenvalue weighted by Crippen LogP contribution is 2.29. The van der Waals surface area contributed by atoms with Crippen molar-refractivity contribution in [2.24, 2.45) is 0 Å². The van der Waals surface area contributed by atoms with Crippen molar-refractivity contribution in [2.75, 3.05) is 0 Å². The number of amides is 1. The molecule has 4 nitrogen and oxygen atoms in total. The molecular formula is C22H18F3N3O. The highest BCUT2D eigenvalue weighted by Gasteiger charge is 2.29. The molecule has 0 aliphatic carbocycles. The maximum atomic E-state index is 12.6. The predicted octanol–water partition coefficient (Wildman–Crippen LogP) is 4.90. The minimum atomic E-state index is -4.38. The summed E-state index contributed by atoms with van der Waals surface area (Å²) in [5.41, 5.74) is 1.68. The molecule has 0 radical (unpaired) electrons. The molecule has 7 heteroatoms. The standard InChI is InChI=1S/C22H18F3N3O/c23-22(24,25)18-9-6-16(7-10-18)14-27-21(29)11-8-17-15-28(13-3-12-26)20-5-2-1-4-19(17)20/h1-2,4-11,15H,3,13-14H2,(H,27,29)/b11-8+. The van der Waals surface area contributed by atoms with E-state index in [9.17, 15) is 18.0 Å². The molecule has 1 aromatic heterocycles. The van der Waals surface area contributed by atoms with E-state index >= 15 is 0 Å². The number of alkyl halides is 3. The molecule has 0 atom stereocenters. The molecule has 29 heavy (non-hydrogen) atoms. The Labute approximate surface area is 165 Å². The number of fused-ring (bicyclic) bond motifs is 1. The van der Waals surface area contributed by atoms with Crippen molar-refractivity contribution in [3.8, 4) is 6.07 Å². The lowest BCUT2D eigenvalue weighted by Crippen LogP contribution is -2.20. The number of benzene rings is 2. The normalized spacial score (nSPS) is 11.7. The molecule has 2 aromatic carbocycles. The lowest BCUT2D eigenvalue weighted by molar-refractivity contribution is -0.137. The topological polar surface area (TPSA) is 57.8 Å². The second-order valence-electron chi connectivity index (χ2n) is 6.45. The summed E-state index contributed by atoms with van der Waals surface area (Å²) >= 11 is 0. The number of carbonyl (C=O) groups is 1. The molecule has 0 aliphatic rings. The summed E-state index contributed by atoms with van der Waals surface area (Å²) in [5, 5.41) is 12.4. The van der Waals surface area contributed by atoms with E-state index in [1.165, 1.54) is 18.2 Å². The molecular weight excluding hydrogens is 379 g/mol. The minimum Gasteiger partial charge on any atom is -0.348 e. The number of aryl methyl sites for hydroxylation is 1. The summed E-state index contributed by atoms with van der Waals surface area (Å²) in [6.45, 7) is 0.691. The van der Waals surface area contributed by atoms with Gasteiger partial charge in [0.05, 0.1) is 18.1 Å². The number of hydrogen-bond acceptors (Lipinski definition) is 2. The third-order valence-corrected chi connectivity index (χ3v) is 4.45. The molecule has 0 spiro atoms. The molecule has 148 valence electrons. The van der Waals surface area contributed by atoms with Crippen LogP contribution in [0.5, 0.6) is 0 Å². The summed E-state index contributed by atoms with van der Waals surface area (Å²) in [5.74, 6) is -0.348. The third-order valence-electron chi connectivity index (χ3n) is 4.45. The zero-order chi connectivity index (χ0) is 20.9. The fourth-order valence-corrected chi connectivity index (χ4v) is 2.99. The Balaban J connectivity index is 1.66. The number of para-hydroxylation sites is 1. The first kappa shape index (κ1) is 20.2. The van der Waals surface area contributed by atoms with Crippen molar-refractivity contribution in [3.05, 3.63) is 77.5 Å². The molecule has 3 aromatic rings. The number of hydrogen-bond donors (Lipinski definition) is 1. The maximum Gasteiger partial charge on any atom is 0.416 e. The Hall–Kier alpha value is -3.53. The van der Waals surface area contributed by atoms with Crippen LogP contribution < -0.4 is 5.32 Å². The molecule has 0 unspecified atom stereocenters. The third kappa shape index (κ3) is 5.05. The molecule has 0 saturated carbocycles. The fraction of sp³-hybridized carbons (Fsp3) is 0.182. The van der Waals surface area contributed by atoms with Gasteiger partial charge in [-0.15, -0.1) is 0 Å². The van der Waals surface area contributed by atoms with Gasteiger partial charge in [-0.1, -0.05) is 30.3 Å². The second-order valence-corrected chi connectivity index (χ2v) is 6.45. The van der Waals surface area contributed by atoms with Crippen molar-refractivity contribution in [1.29, 1.82) is 5.26 Å². The molecule has 3 rings (SSSR count). The van der Waals surface area contributed by atoms with E-state index in [0.717, 1.165) is 28.6 Å². The zero-order valence-corrected chi connectivity index (χ0v) is 15.4. The van der Waals surface area contributed by atoms with Gasteiger partial charge in [-0.05, 0) is 29.8 Å². The smallest absolute Gasteiger partial charge is 0.348 e. The molecule has 1 N–H and O–H groups in total. The van der Waals surface area contributed by atoms with Crippen molar-refractivity contribution >= 4 is 22.9 Å². The number of carbonyl (C=O) groups excluding carboxylic acids is 1. The van der Waals surface area contributed by atoms with E-state index in [1.807, 2.05) is 35.0 Å². The van der Waals surface area contributed by atoms with Crippen LogP contribution in [0.25, 0.3) is 17.0 Å². The summed E-state index contributed by atoms with van der Waals surface area (Å²) in [4.78, 5) is 12.1. The van der Waals surface area contributed by atoms with Crippen LogP contribution in [0.2, 0.25) is 0 Å². The van der Waals surface area contributed by atoms with Gasteiger partial charge in [0.1, 0.15) is 0 Å². The van der Waals surface area contributed by atoms with Crippen LogP contribution in [-0.2, 0) is 24.1 Å². The van der Waals surface area contributed by atoms with Gasteiger partial charge in [0, 0.05) is 41.8 Å². The van der Waals surface area contributed by atoms with Gasteiger partial charge in [-0.2, -0.15) is 18.4 Å². The number of aromatic nitrogens is 1. The Bertz CT molecular complexity index is 1070. The quantitative estimate of drug-likeness (QED) is 0.601. The summed E-state index contributed by atoms with van der Waals surface area (Å²) in [7, 11) is 0. The highest BCUT2D eigenvalue weighted by atomic mass is 19.4. The monoisotopic (exact) mass is 397 g/mol. The van der Waals surface area contributed by atoms with Gasteiger partial charge in [0.25, 0.3) is 0 Å². The van der Waals surface area contributed by atoms with Gasteiger partial charge >= 0.3 is 6.18 Å². The van der Waals surface area contributed by atoms with Crippen molar-refractivity contribution < 1.29 is 18.0 Å². The Kier molecular flexibility index (Phi) is 6.03. The van der Waals surface area contributed by atoms with E-state index in [-0.39, 0.29) is 12.5 Å². The van der Waals surface area contributed by atoms with Crippen LogP contribution in [0.4, 0.5) is 13.2 Å². The first-order valence-electron chi connectivity index (χ1n) is 8.95. The van der Waals surface area contributed by atoms with Crippen LogP contribution in [0.3, 0.4) is 0 Å². The first-order chi connectivity index (χ1) is 13.9. The second kappa shape index (κ2) is 8.65. The van der Waals surface area contributed by atoms with Crippen molar-refractivity contribution in [2.45, 2.75) is 25.7 Å². The predicted molar refractivity (Wildman–Crippen MR) is 104 cm³/mol. The Morgan fingerprint density at radius 3 is 2.55 bits per heavy atom. The molecule has 1 heterocycles. The number of nitrogens with zero attached hydrogens (tertiary/aromatic N) is 2.